The molecule has 110 valence electrons. The Bertz CT molecular complexity index is 612. The van der Waals surface area contributed by atoms with Crippen LogP contribution in [0.4, 0.5) is 0 Å². The van der Waals surface area contributed by atoms with Gasteiger partial charge in [0, 0.05) is 37.1 Å². The summed E-state index contributed by atoms with van der Waals surface area (Å²) in [5.41, 5.74) is 0.928. The van der Waals surface area contributed by atoms with E-state index in [1.54, 1.807) is 17.1 Å². The summed E-state index contributed by atoms with van der Waals surface area (Å²) in [7, 11) is 0. The smallest absolute Gasteiger partial charge is 0.244 e. The molecule has 2 aromatic heterocycles. The number of hydrogen-bond donors (Lipinski definition) is 0. The molecule has 0 aromatic carbocycles. The fourth-order valence-electron chi connectivity index (χ4n) is 2.44. The first kappa shape index (κ1) is 13.6. The molecule has 3 rings (SSSR count). The van der Waals surface area contributed by atoms with Gasteiger partial charge < -0.3 is 9.64 Å². The third-order valence-electron chi connectivity index (χ3n) is 3.50. The van der Waals surface area contributed by atoms with Crippen molar-refractivity contribution in [2.75, 3.05) is 13.1 Å². The molecule has 1 aliphatic heterocycles. The zero-order valence-corrected chi connectivity index (χ0v) is 12.0. The van der Waals surface area contributed by atoms with Crippen LogP contribution in [-0.4, -0.2) is 44.8 Å². The second kappa shape index (κ2) is 5.95. The normalized spacial score (nSPS) is 18.0. The van der Waals surface area contributed by atoms with Gasteiger partial charge in [-0.2, -0.15) is 5.10 Å². The average Bonchev–Trinajstić information content (AvgIpc) is 3.10. The second-order valence-corrected chi connectivity index (χ2v) is 5.19. The zero-order chi connectivity index (χ0) is 14.7. The molecule has 0 bridgehead atoms. The first-order valence-corrected chi connectivity index (χ1v) is 7.06. The molecule has 0 spiro atoms. The van der Waals surface area contributed by atoms with Crippen LogP contribution in [0.3, 0.4) is 0 Å². The van der Waals surface area contributed by atoms with Crippen molar-refractivity contribution < 1.29 is 9.53 Å². The monoisotopic (exact) mass is 286 g/mol. The third-order valence-corrected chi connectivity index (χ3v) is 3.50. The number of aryl methyl sites for hydroxylation is 1. The van der Waals surface area contributed by atoms with Gasteiger partial charge in [0.25, 0.3) is 0 Å². The fourth-order valence-corrected chi connectivity index (χ4v) is 2.44. The van der Waals surface area contributed by atoms with Crippen LogP contribution >= 0.6 is 0 Å². The Morgan fingerprint density at radius 3 is 3.10 bits per heavy atom. The molecule has 2 aromatic rings. The maximum absolute atomic E-state index is 12.2. The Kier molecular flexibility index (Phi) is 3.85. The van der Waals surface area contributed by atoms with Crippen molar-refractivity contribution in [2.24, 2.45) is 0 Å². The number of aromatic nitrogens is 3. The predicted molar refractivity (Wildman–Crippen MR) is 76.8 cm³/mol. The van der Waals surface area contributed by atoms with Gasteiger partial charge in [0.2, 0.25) is 11.8 Å². The summed E-state index contributed by atoms with van der Waals surface area (Å²) in [4.78, 5) is 18.3. The van der Waals surface area contributed by atoms with Crippen molar-refractivity contribution in [3.8, 4) is 5.88 Å². The van der Waals surface area contributed by atoms with Crippen LogP contribution in [0.1, 0.15) is 12.1 Å². The van der Waals surface area contributed by atoms with Crippen LogP contribution in [0, 0.1) is 6.92 Å². The summed E-state index contributed by atoms with van der Waals surface area (Å²) in [6, 6.07) is 7.52. The summed E-state index contributed by atoms with van der Waals surface area (Å²) in [5, 5.41) is 4.05. The molecule has 0 radical (unpaired) electrons. The SMILES string of the molecule is Cc1cccc(OC2CCN(C(=O)Cn3cccn3)C2)n1. The number of carbonyl (C=O) groups excluding carboxylic acids is 1. The van der Waals surface area contributed by atoms with E-state index in [4.69, 9.17) is 4.74 Å². The Morgan fingerprint density at radius 1 is 1.43 bits per heavy atom. The van der Waals surface area contributed by atoms with Gasteiger partial charge in [-0.1, -0.05) is 6.07 Å². The van der Waals surface area contributed by atoms with E-state index in [1.807, 2.05) is 36.1 Å². The maximum Gasteiger partial charge on any atom is 0.244 e. The summed E-state index contributed by atoms with van der Waals surface area (Å²) < 4.78 is 7.48. The van der Waals surface area contributed by atoms with Crippen molar-refractivity contribution in [1.29, 1.82) is 0 Å². The van der Waals surface area contributed by atoms with Crippen LogP contribution in [0.15, 0.2) is 36.7 Å². The lowest BCUT2D eigenvalue weighted by Gasteiger charge is -2.17. The average molecular weight is 286 g/mol. The number of carbonyl (C=O) groups is 1. The Morgan fingerprint density at radius 2 is 2.33 bits per heavy atom. The topological polar surface area (TPSA) is 60.2 Å². The number of amides is 1. The van der Waals surface area contributed by atoms with E-state index in [0.717, 1.165) is 18.7 Å². The van der Waals surface area contributed by atoms with Gasteiger partial charge in [-0.05, 0) is 19.1 Å². The number of pyridine rings is 1. The van der Waals surface area contributed by atoms with Gasteiger partial charge in [0.05, 0.1) is 6.54 Å². The van der Waals surface area contributed by atoms with Gasteiger partial charge in [-0.25, -0.2) is 4.98 Å². The lowest BCUT2D eigenvalue weighted by Crippen LogP contribution is -2.33. The number of likely N-dealkylation sites (tertiary alicyclic amines) is 1. The molecular weight excluding hydrogens is 268 g/mol. The Balaban J connectivity index is 1.54. The minimum absolute atomic E-state index is 0.0147. The number of nitrogens with zero attached hydrogens (tertiary/aromatic N) is 4. The molecular formula is C15H18N4O2. The molecule has 6 heteroatoms. The van der Waals surface area contributed by atoms with Crippen molar-refractivity contribution in [3.63, 3.8) is 0 Å². The minimum Gasteiger partial charge on any atom is -0.472 e. The number of rotatable bonds is 4. The van der Waals surface area contributed by atoms with E-state index in [2.05, 4.69) is 10.1 Å². The van der Waals surface area contributed by atoms with Crippen molar-refractivity contribution in [3.05, 3.63) is 42.4 Å². The van der Waals surface area contributed by atoms with E-state index in [9.17, 15) is 4.79 Å². The van der Waals surface area contributed by atoms with E-state index in [-0.39, 0.29) is 18.6 Å². The highest BCUT2D eigenvalue weighted by Crippen LogP contribution is 2.17. The summed E-state index contributed by atoms with van der Waals surface area (Å²) in [5.74, 6) is 0.698. The molecule has 0 N–H and O–H groups in total. The van der Waals surface area contributed by atoms with E-state index < -0.39 is 0 Å². The fraction of sp³-hybridized carbons (Fsp3) is 0.400. The Hall–Kier alpha value is -2.37. The molecule has 3 heterocycles. The van der Waals surface area contributed by atoms with Crippen LogP contribution in [0.2, 0.25) is 0 Å². The lowest BCUT2D eigenvalue weighted by molar-refractivity contribution is -0.131. The van der Waals surface area contributed by atoms with Gasteiger partial charge in [-0.15, -0.1) is 0 Å². The van der Waals surface area contributed by atoms with Crippen molar-refractivity contribution >= 4 is 5.91 Å². The van der Waals surface area contributed by atoms with Crippen LogP contribution in [0.25, 0.3) is 0 Å². The number of ether oxygens (including phenoxy) is 1. The molecule has 0 aliphatic carbocycles. The maximum atomic E-state index is 12.2. The molecule has 1 fully saturated rings. The zero-order valence-electron chi connectivity index (χ0n) is 12.0. The molecule has 1 aliphatic rings. The van der Waals surface area contributed by atoms with Gasteiger partial charge in [-0.3, -0.25) is 9.48 Å². The van der Waals surface area contributed by atoms with Crippen LogP contribution in [0.5, 0.6) is 5.88 Å². The molecule has 21 heavy (non-hydrogen) atoms. The lowest BCUT2D eigenvalue weighted by atomic mass is 10.3. The first-order chi connectivity index (χ1) is 10.2. The second-order valence-electron chi connectivity index (χ2n) is 5.19. The van der Waals surface area contributed by atoms with Gasteiger partial charge >= 0.3 is 0 Å². The Labute approximate surface area is 123 Å². The standard InChI is InChI=1S/C15H18N4O2/c1-12-4-2-5-14(17-12)21-13-6-9-18(10-13)15(20)11-19-8-3-7-16-19/h2-5,7-8,13H,6,9-11H2,1H3. The van der Waals surface area contributed by atoms with Crippen LogP contribution < -0.4 is 4.74 Å². The highest BCUT2D eigenvalue weighted by Gasteiger charge is 2.27. The van der Waals surface area contributed by atoms with Crippen molar-refractivity contribution in [2.45, 2.75) is 26.0 Å². The summed E-state index contributed by atoms with van der Waals surface area (Å²) in [6.45, 7) is 3.54. The van der Waals surface area contributed by atoms with Gasteiger partial charge in [0.1, 0.15) is 12.6 Å². The highest BCUT2D eigenvalue weighted by atomic mass is 16.5. The van der Waals surface area contributed by atoms with Crippen LogP contribution in [-0.2, 0) is 11.3 Å². The molecule has 0 saturated carbocycles. The minimum atomic E-state index is 0.0147. The molecule has 1 amide bonds. The first-order valence-electron chi connectivity index (χ1n) is 7.06. The summed E-state index contributed by atoms with van der Waals surface area (Å²) >= 11 is 0. The van der Waals surface area contributed by atoms with E-state index >= 15 is 0 Å². The number of hydrogen-bond acceptors (Lipinski definition) is 4. The van der Waals surface area contributed by atoms with E-state index in [0.29, 0.717) is 12.4 Å². The van der Waals surface area contributed by atoms with Gasteiger partial charge in [0.15, 0.2) is 0 Å². The summed E-state index contributed by atoms with van der Waals surface area (Å²) in [6.07, 6.45) is 4.31. The van der Waals surface area contributed by atoms with E-state index in [1.165, 1.54) is 0 Å². The molecule has 1 atom stereocenters. The third kappa shape index (κ3) is 3.39. The highest BCUT2D eigenvalue weighted by molar-refractivity contribution is 5.76. The molecule has 1 saturated heterocycles. The predicted octanol–water partition coefficient (Wildman–Crippen LogP) is 1.27. The molecule has 1 unspecified atom stereocenters. The molecule has 6 nitrogen and oxygen atoms in total. The quantitative estimate of drug-likeness (QED) is 0.849. The largest absolute Gasteiger partial charge is 0.472 e. The van der Waals surface area contributed by atoms with Crippen molar-refractivity contribution in [1.82, 2.24) is 19.7 Å².